The molecule has 0 aromatic heterocycles. The van der Waals surface area contributed by atoms with Gasteiger partial charge in [-0.05, 0) is 30.5 Å². The number of hydrogen-bond donors (Lipinski definition) is 0. The second-order valence-corrected chi connectivity index (χ2v) is 6.25. The van der Waals surface area contributed by atoms with Gasteiger partial charge in [0.25, 0.3) is 0 Å². The summed E-state index contributed by atoms with van der Waals surface area (Å²) in [5, 5.41) is 1.71. The molecule has 5 nitrogen and oxygen atoms in total. The van der Waals surface area contributed by atoms with Gasteiger partial charge in [0.05, 0.1) is 11.4 Å². The quantitative estimate of drug-likeness (QED) is 0.659. The summed E-state index contributed by atoms with van der Waals surface area (Å²) >= 11 is 0. The largest absolute Gasteiger partial charge is 0.342 e. The summed E-state index contributed by atoms with van der Waals surface area (Å²) in [4.78, 5) is 40.2. The Bertz CT molecular complexity index is 1040. The van der Waals surface area contributed by atoms with Gasteiger partial charge in [-0.15, -0.1) is 0 Å². The number of carbonyl (C=O) groups excluding carboxylic acids is 3. The monoisotopic (exact) mass is 344 g/mol. The lowest BCUT2D eigenvalue weighted by molar-refractivity contribution is -0.126. The topological polar surface area (TPSA) is 57.7 Å². The zero-order valence-corrected chi connectivity index (χ0v) is 14.2. The molecule has 5 heteroatoms. The SMILES string of the molecule is Cc1ccc(N2C(=O)CC(=O)N(c3cccc4ccccc34)C2=O)cc1. The van der Waals surface area contributed by atoms with E-state index in [0.717, 1.165) is 26.1 Å². The number of barbiturate groups is 1. The molecule has 4 rings (SSSR count). The normalized spacial score (nSPS) is 15.0. The fourth-order valence-corrected chi connectivity index (χ4v) is 3.19. The summed E-state index contributed by atoms with van der Waals surface area (Å²) in [6.07, 6.45) is -0.344. The van der Waals surface area contributed by atoms with Crippen molar-refractivity contribution in [3.05, 3.63) is 72.3 Å². The lowest BCUT2D eigenvalue weighted by atomic mass is 10.1. The number of amides is 4. The number of benzene rings is 3. The first-order chi connectivity index (χ1) is 12.6. The highest BCUT2D eigenvalue weighted by Gasteiger charge is 2.40. The van der Waals surface area contributed by atoms with Gasteiger partial charge in [0.1, 0.15) is 6.42 Å². The van der Waals surface area contributed by atoms with E-state index < -0.39 is 17.8 Å². The molecule has 1 heterocycles. The van der Waals surface area contributed by atoms with Gasteiger partial charge in [-0.1, -0.05) is 54.1 Å². The van der Waals surface area contributed by atoms with Crippen molar-refractivity contribution in [3.63, 3.8) is 0 Å². The van der Waals surface area contributed by atoms with Gasteiger partial charge in [-0.2, -0.15) is 0 Å². The number of nitrogens with zero attached hydrogens (tertiary/aromatic N) is 2. The molecular formula is C21H16N2O3. The molecule has 1 saturated heterocycles. The minimum Gasteiger partial charge on any atom is -0.273 e. The summed E-state index contributed by atoms with van der Waals surface area (Å²) in [7, 11) is 0. The Morgan fingerprint density at radius 3 is 2.15 bits per heavy atom. The molecule has 1 fully saturated rings. The van der Waals surface area contributed by atoms with Gasteiger partial charge in [-0.25, -0.2) is 14.6 Å². The molecule has 1 aliphatic heterocycles. The molecule has 0 aliphatic carbocycles. The molecule has 3 aromatic rings. The van der Waals surface area contributed by atoms with Crippen molar-refractivity contribution >= 4 is 40.0 Å². The zero-order valence-electron chi connectivity index (χ0n) is 14.2. The minimum atomic E-state index is -0.647. The van der Waals surface area contributed by atoms with Crippen LogP contribution in [0.15, 0.2) is 66.7 Å². The van der Waals surface area contributed by atoms with Crippen LogP contribution in [-0.2, 0) is 9.59 Å². The average molecular weight is 344 g/mol. The van der Waals surface area contributed by atoms with Crippen molar-refractivity contribution in [3.8, 4) is 0 Å². The Hall–Kier alpha value is -3.47. The van der Waals surface area contributed by atoms with Crippen LogP contribution >= 0.6 is 0 Å². The van der Waals surface area contributed by atoms with Crippen LogP contribution in [0.3, 0.4) is 0 Å². The van der Waals surface area contributed by atoms with Gasteiger partial charge in [0.2, 0.25) is 11.8 Å². The third-order valence-corrected chi connectivity index (χ3v) is 4.48. The molecule has 1 aliphatic rings. The van der Waals surface area contributed by atoms with Crippen molar-refractivity contribution in [1.82, 2.24) is 0 Å². The van der Waals surface area contributed by atoms with Crippen molar-refractivity contribution in [1.29, 1.82) is 0 Å². The maximum absolute atomic E-state index is 13.1. The molecule has 0 spiro atoms. The lowest BCUT2D eigenvalue weighted by Gasteiger charge is -2.33. The summed E-state index contributed by atoms with van der Waals surface area (Å²) in [6.45, 7) is 1.93. The number of rotatable bonds is 2. The van der Waals surface area contributed by atoms with Crippen LogP contribution in [0.5, 0.6) is 0 Å². The van der Waals surface area contributed by atoms with Crippen LogP contribution in [0.1, 0.15) is 12.0 Å². The Labute approximate surface area is 150 Å². The maximum Gasteiger partial charge on any atom is 0.342 e. The highest BCUT2D eigenvalue weighted by Crippen LogP contribution is 2.31. The van der Waals surface area contributed by atoms with Crippen LogP contribution in [-0.4, -0.2) is 17.8 Å². The predicted molar refractivity (Wildman–Crippen MR) is 100 cm³/mol. The van der Waals surface area contributed by atoms with Gasteiger partial charge in [0.15, 0.2) is 0 Å². The summed E-state index contributed by atoms with van der Waals surface area (Å²) in [6, 6.07) is 19.4. The van der Waals surface area contributed by atoms with Gasteiger partial charge < -0.3 is 0 Å². The predicted octanol–water partition coefficient (Wildman–Crippen LogP) is 4.04. The van der Waals surface area contributed by atoms with E-state index in [1.54, 1.807) is 24.3 Å². The molecule has 0 bridgehead atoms. The Kier molecular flexibility index (Phi) is 3.77. The van der Waals surface area contributed by atoms with Gasteiger partial charge in [0, 0.05) is 5.39 Å². The standard InChI is InChI=1S/C21H16N2O3/c1-14-9-11-16(12-10-14)22-19(24)13-20(25)23(21(22)26)18-8-4-6-15-5-2-3-7-17(15)18/h2-12H,13H2,1H3. The van der Waals surface area contributed by atoms with E-state index in [2.05, 4.69) is 0 Å². The number of hydrogen-bond acceptors (Lipinski definition) is 3. The Balaban J connectivity index is 1.83. The first kappa shape index (κ1) is 16.0. The third kappa shape index (κ3) is 2.54. The van der Waals surface area contributed by atoms with Gasteiger partial charge in [-0.3, -0.25) is 9.59 Å². The summed E-state index contributed by atoms with van der Waals surface area (Å²) in [5.74, 6) is -1.03. The molecule has 128 valence electrons. The fourth-order valence-electron chi connectivity index (χ4n) is 3.19. The number of anilines is 2. The molecule has 0 unspecified atom stereocenters. The van der Waals surface area contributed by atoms with E-state index in [9.17, 15) is 14.4 Å². The number of aryl methyl sites for hydroxylation is 1. The number of fused-ring (bicyclic) bond motifs is 1. The minimum absolute atomic E-state index is 0.344. The number of imide groups is 2. The number of urea groups is 1. The summed E-state index contributed by atoms with van der Waals surface area (Å²) in [5.41, 5.74) is 1.97. The first-order valence-electron chi connectivity index (χ1n) is 8.30. The molecule has 0 N–H and O–H groups in total. The van der Waals surface area contributed by atoms with E-state index in [0.29, 0.717) is 11.4 Å². The van der Waals surface area contributed by atoms with E-state index in [-0.39, 0.29) is 6.42 Å². The molecule has 26 heavy (non-hydrogen) atoms. The van der Waals surface area contributed by atoms with E-state index >= 15 is 0 Å². The molecule has 3 aromatic carbocycles. The molecule has 0 radical (unpaired) electrons. The Morgan fingerprint density at radius 2 is 1.38 bits per heavy atom. The molecule has 0 atom stereocenters. The van der Waals surface area contributed by atoms with E-state index in [4.69, 9.17) is 0 Å². The van der Waals surface area contributed by atoms with Crippen LogP contribution < -0.4 is 9.80 Å². The van der Waals surface area contributed by atoms with Crippen LogP contribution in [0.25, 0.3) is 10.8 Å². The van der Waals surface area contributed by atoms with E-state index in [1.807, 2.05) is 49.4 Å². The van der Waals surface area contributed by atoms with Crippen LogP contribution in [0.2, 0.25) is 0 Å². The van der Waals surface area contributed by atoms with Gasteiger partial charge >= 0.3 is 6.03 Å². The smallest absolute Gasteiger partial charge is 0.273 e. The molecule has 4 amide bonds. The Morgan fingerprint density at radius 1 is 0.731 bits per heavy atom. The zero-order chi connectivity index (χ0) is 18.3. The fraction of sp³-hybridized carbons (Fsp3) is 0.0952. The highest BCUT2D eigenvalue weighted by molar-refractivity contribution is 6.36. The summed E-state index contributed by atoms with van der Waals surface area (Å²) < 4.78 is 0. The van der Waals surface area contributed by atoms with Crippen molar-refractivity contribution in [2.45, 2.75) is 13.3 Å². The average Bonchev–Trinajstić information content (AvgIpc) is 2.63. The number of carbonyl (C=O) groups is 3. The van der Waals surface area contributed by atoms with E-state index in [1.165, 1.54) is 0 Å². The van der Waals surface area contributed by atoms with Crippen molar-refractivity contribution < 1.29 is 14.4 Å². The lowest BCUT2D eigenvalue weighted by Crippen LogP contribution is -2.55. The second kappa shape index (κ2) is 6.11. The highest BCUT2D eigenvalue weighted by atomic mass is 16.2. The molecular weight excluding hydrogens is 328 g/mol. The van der Waals surface area contributed by atoms with Crippen LogP contribution in [0, 0.1) is 6.92 Å². The van der Waals surface area contributed by atoms with Crippen LogP contribution in [0.4, 0.5) is 16.2 Å². The third-order valence-electron chi connectivity index (χ3n) is 4.48. The maximum atomic E-state index is 13.1. The first-order valence-corrected chi connectivity index (χ1v) is 8.30. The van der Waals surface area contributed by atoms with Crippen molar-refractivity contribution in [2.75, 3.05) is 9.80 Å². The second-order valence-electron chi connectivity index (χ2n) is 6.25. The molecule has 0 saturated carbocycles. The van der Waals surface area contributed by atoms with Crippen molar-refractivity contribution in [2.24, 2.45) is 0 Å².